The molecule has 0 radical (unpaired) electrons. The van der Waals surface area contributed by atoms with Gasteiger partial charge in [0, 0.05) is 5.75 Å². The number of thioether (sulfide) groups is 1. The second-order valence-corrected chi connectivity index (χ2v) is 13.6. The molecule has 0 bridgehead atoms. The Morgan fingerprint density at radius 2 is 1.58 bits per heavy atom. The number of β-lactam (4-membered cyclic amide) rings is 1. The molecule has 1 saturated heterocycles. The molecule has 3 atom stereocenters. The van der Waals surface area contributed by atoms with E-state index in [1.165, 1.54) is 40.9 Å². The molecule has 0 spiro atoms. The molecule has 0 aromatic heterocycles. The Kier molecular flexibility index (Phi) is 10.6. The normalized spacial score (nSPS) is 17.9. The second-order valence-electron chi connectivity index (χ2n) is 12.5. The van der Waals surface area contributed by atoms with Gasteiger partial charge in [0.1, 0.15) is 34.5 Å². The van der Waals surface area contributed by atoms with Crippen LogP contribution < -0.4 is 10.6 Å². The van der Waals surface area contributed by atoms with Crippen LogP contribution in [-0.2, 0) is 23.9 Å². The van der Waals surface area contributed by atoms with Crippen LogP contribution in [0, 0.1) is 0 Å². The lowest BCUT2D eigenvalue weighted by molar-refractivity contribution is -0.154. The largest absolute Gasteiger partial charge is 0.508 e. The van der Waals surface area contributed by atoms with Crippen molar-refractivity contribution in [3.8, 4) is 5.75 Å². The Balaban J connectivity index is 1.39. The Hall–Kier alpha value is -5.03. The summed E-state index contributed by atoms with van der Waals surface area (Å²) in [5, 5.41) is 14.6. The maximum Gasteiger partial charge on any atom is 0.408 e. The van der Waals surface area contributed by atoms with Crippen LogP contribution in [-0.4, -0.2) is 56.7 Å². The fourth-order valence-electron chi connectivity index (χ4n) is 5.52. The number of nitrogens with zero attached hydrogens (tertiary/aromatic N) is 1. The molecule has 3 aromatic rings. The number of allylic oxidation sites excluding steroid dienone is 1. The average Bonchev–Trinajstić information content (AvgIpc) is 3.07. The number of alkyl carbamates (subject to hydrolysis) is 1. The third-order valence-electron chi connectivity index (χ3n) is 7.77. The summed E-state index contributed by atoms with van der Waals surface area (Å²) >= 11 is 1.43. The van der Waals surface area contributed by atoms with Crippen molar-refractivity contribution in [1.29, 1.82) is 0 Å². The first-order chi connectivity index (χ1) is 23.0. The molecule has 3 aromatic carbocycles. The minimum Gasteiger partial charge on any atom is -0.508 e. The molecule has 0 saturated carbocycles. The summed E-state index contributed by atoms with van der Waals surface area (Å²) in [5.74, 6) is -1.33. The number of amides is 3. The number of fused-ring (bicyclic) bond motifs is 1. The van der Waals surface area contributed by atoms with Gasteiger partial charge >= 0.3 is 12.1 Å². The molecule has 2 heterocycles. The van der Waals surface area contributed by atoms with E-state index in [0.29, 0.717) is 24.2 Å². The van der Waals surface area contributed by atoms with Gasteiger partial charge in [-0.25, -0.2) is 9.59 Å². The van der Waals surface area contributed by atoms with Gasteiger partial charge in [0.25, 0.3) is 5.91 Å². The van der Waals surface area contributed by atoms with Crippen molar-refractivity contribution in [2.45, 2.75) is 62.8 Å². The highest BCUT2D eigenvalue weighted by molar-refractivity contribution is 8.00. The van der Waals surface area contributed by atoms with Crippen molar-refractivity contribution in [3.05, 3.63) is 126 Å². The fraction of sp³-hybridized carbons (Fsp3) is 0.297. The highest BCUT2D eigenvalue weighted by Crippen LogP contribution is 2.43. The first-order valence-corrected chi connectivity index (χ1v) is 16.7. The molecule has 10 nitrogen and oxygen atoms in total. The summed E-state index contributed by atoms with van der Waals surface area (Å²) in [6.07, 6.45) is 1.34. The topological polar surface area (TPSA) is 134 Å². The van der Waals surface area contributed by atoms with Crippen LogP contribution in [0.3, 0.4) is 0 Å². The van der Waals surface area contributed by atoms with Gasteiger partial charge in [0.2, 0.25) is 5.91 Å². The zero-order chi connectivity index (χ0) is 34.4. The maximum absolute atomic E-state index is 14.1. The Morgan fingerprint density at radius 3 is 2.15 bits per heavy atom. The number of phenols is 1. The number of ether oxygens (including phenoxy) is 2. The number of rotatable bonds is 11. The van der Waals surface area contributed by atoms with E-state index in [-0.39, 0.29) is 11.4 Å². The minimum atomic E-state index is -1.23. The number of phenolic OH excluding ortho intramolecular Hbond substituents is 1. The first kappa shape index (κ1) is 34.3. The van der Waals surface area contributed by atoms with E-state index in [0.717, 1.165) is 16.7 Å². The predicted octanol–water partition coefficient (Wildman–Crippen LogP) is 5.91. The second kappa shape index (κ2) is 14.8. The van der Waals surface area contributed by atoms with Gasteiger partial charge in [-0.2, -0.15) is 0 Å². The highest BCUT2D eigenvalue weighted by Gasteiger charge is 2.55. The van der Waals surface area contributed by atoms with E-state index in [9.17, 15) is 24.3 Å². The summed E-state index contributed by atoms with van der Waals surface area (Å²) < 4.78 is 11.6. The van der Waals surface area contributed by atoms with Gasteiger partial charge in [-0.3, -0.25) is 14.5 Å². The van der Waals surface area contributed by atoms with Crippen molar-refractivity contribution in [3.63, 3.8) is 0 Å². The zero-order valence-corrected chi connectivity index (χ0v) is 27.9. The van der Waals surface area contributed by atoms with Crippen LogP contribution in [0.5, 0.6) is 5.75 Å². The summed E-state index contributed by atoms with van der Waals surface area (Å²) in [7, 11) is 0. The summed E-state index contributed by atoms with van der Waals surface area (Å²) in [6.45, 7) is 8.91. The number of carbonyl (C=O) groups is 4. The van der Waals surface area contributed by atoms with Gasteiger partial charge in [0.05, 0.1) is 0 Å². The van der Waals surface area contributed by atoms with Gasteiger partial charge in [-0.05, 0) is 68.0 Å². The van der Waals surface area contributed by atoms with Crippen molar-refractivity contribution in [2.24, 2.45) is 0 Å². The Morgan fingerprint density at radius 1 is 0.979 bits per heavy atom. The van der Waals surface area contributed by atoms with E-state index < -0.39 is 53.0 Å². The predicted molar refractivity (Wildman–Crippen MR) is 183 cm³/mol. The molecule has 2 unspecified atom stereocenters. The van der Waals surface area contributed by atoms with Gasteiger partial charge in [-0.1, -0.05) is 78.9 Å². The Bertz CT molecular complexity index is 1650. The lowest BCUT2D eigenvalue weighted by atomic mass is 9.98. The molecule has 1 fully saturated rings. The van der Waals surface area contributed by atoms with Crippen LogP contribution in [0.2, 0.25) is 0 Å². The van der Waals surface area contributed by atoms with Gasteiger partial charge in [-0.15, -0.1) is 18.3 Å². The number of nitrogens with one attached hydrogen (secondary N) is 2. The van der Waals surface area contributed by atoms with E-state index in [1.54, 1.807) is 26.8 Å². The van der Waals surface area contributed by atoms with Crippen molar-refractivity contribution >= 4 is 35.6 Å². The fourth-order valence-corrected chi connectivity index (χ4v) is 6.90. The SMILES string of the molecule is C=CCCC1=C(C(=O)OC(c2ccccc2)c2ccccc2)N2C(=O)C(NC(=O)C(NC(=O)OC(C)(C)C)c3ccc(O)cc3)[C@@H]2SC1. The number of benzene rings is 3. The third-order valence-corrected chi connectivity index (χ3v) is 9.11. The molecule has 2 aliphatic rings. The van der Waals surface area contributed by atoms with Crippen molar-refractivity contribution in [1.82, 2.24) is 15.5 Å². The minimum absolute atomic E-state index is 0.0150. The molecule has 3 amide bonds. The number of carbonyl (C=O) groups excluding carboxylic acids is 4. The molecular weight excluding hydrogens is 630 g/mol. The first-order valence-electron chi connectivity index (χ1n) is 15.6. The van der Waals surface area contributed by atoms with Crippen LogP contribution in [0.15, 0.2) is 109 Å². The standard InChI is InChI=1S/C37H39N3O7S/c1-5-6-13-26-22-48-34-29(38-32(42)28(23-18-20-27(41)21-19-23)39-36(45)47-37(2,3)4)33(43)40(34)30(26)35(44)46-31(24-14-9-7-10-15-24)25-16-11-8-12-17-25/h5,7-12,14-21,28-29,31,34,41H,1,6,13,22H2,2-4H3,(H,38,42)(H,39,45)/t28?,29?,34-/m0/s1. The lowest BCUT2D eigenvalue weighted by Gasteiger charge is -2.50. The number of esters is 1. The number of aromatic hydroxyl groups is 1. The van der Waals surface area contributed by atoms with E-state index in [4.69, 9.17) is 9.47 Å². The maximum atomic E-state index is 14.1. The smallest absolute Gasteiger partial charge is 0.408 e. The summed E-state index contributed by atoms with van der Waals surface area (Å²) in [4.78, 5) is 55.7. The number of hydrogen-bond acceptors (Lipinski definition) is 8. The molecule has 3 N–H and O–H groups in total. The van der Waals surface area contributed by atoms with Crippen LogP contribution in [0.4, 0.5) is 4.79 Å². The average molecular weight is 670 g/mol. The number of hydrogen-bond donors (Lipinski definition) is 3. The molecule has 0 aliphatic carbocycles. The van der Waals surface area contributed by atoms with E-state index >= 15 is 0 Å². The Labute approximate surface area is 284 Å². The van der Waals surface area contributed by atoms with Crippen molar-refractivity contribution in [2.75, 3.05) is 5.75 Å². The van der Waals surface area contributed by atoms with Crippen LogP contribution in [0.25, 0.3) is 0 Å². The summed E-state index contributed by atoms with van der Waals surface area (Å²) in [5.41, 5.74) is 2.06. The zero-order valence-electron chi connectivity index (χ0n) is 27.1. The van der Waals surface area contributed by atoms with Crippen molar-refractivity contribution < 1.29 is 33.8 Å². The molecule has 250 valence electrons. The molecule has 5 rings (SSSR count). The van der Waals surface area contributed by atoms with Gasteiger partial charge < -0.3 is 25.2 Å². The quantitative estimate of drug-likeness (QED) is 0.130. The van der Waals surface area contributed by atoms with Gasteiger partial charge in [0.15, 0.2) is 6.10 Å². The van der Waals surface area contributed by atoms with Crippen LogP contribution >= 0.6 is 11.8 Å². The van der Waals surface area contributed by atoms with E-state index in [1.807, 2.05) is 60.7 Å². The third kappa shape index (κ3) is 7.91. The molecule has 48 heavy (non-hydrogen) atoms. The molecule has 11 heteroatoms. The lowest BCUT2D eigenvalue weighted by Crippen LogP contribution is -2.71. The molecular formula is C37H39N3O7S. The van der Waals surface area contributed by atoms with Crippen LogP contribution in [0.1, 0.15) is 62.4 Å². The highest BCUT2D eigenvalue weighted by atomic mass is 32.2. The summed E-state index contributed by atoms with van der Waals surface area (Å²) in [6, 6.07) is 22.4. The van der Waals surface area contributed by atoms with E-state index in [2.05, 4.69) is 17.2 Å². The molecule has 2 aliphatic heterocycles. The monoisotopic (exact) mass is 669 g/mol.